The normalized spacial score (nSPS) is 12.2. The molecule has 0 N–H and O–H groups in total. The van der Waals surface area contributed by atoms with Gasteiger partial charge >= 0.3 is 11.9 Å². The lowest BCUT2D eigenvalue weighted by Crippen LogP contribution is -2.41. The molecule has 0 saturated carbocycles. The van der Waals surface area contributed by atoms with Crippen molar-refractivity contribution < 1.29 is 38.0 Å². The smallest absolute Gasteiger partial charge is 0.321 e. The van der Waals surface area contributed by atoms with Gasteiger partial charge < -0.3 is 28.4 Å². The average Bonchev–Trinajstić information content (AvgIpc) is 2.83. The Morgan fingerprint density at radius 2 is 1.35 bits per heavy atom. The Morgan fingerprint density at radius 1 is 0.794 bits per heavy atom. The highest BCUT2D eigenvalue weighted by Crippen LogP contribution is 2.38. The third-order valence-corrected chi connectivity index (χ3v) is 5.60. The Balaban J connectivity index is 3.59. The molecule has 0 amide bonds. The topological polar surface area (TPSA) is 89.5 Å². The van der Waals surface area contributed by atoms with E-state index in [-0.39, 0.29) is 13.2 Å². The molecule has 34 heavy (non-hydrogen) atoms. The van der Waals surface area contributed by atoms with E-state index in [1.807, 2.05) is 13.8 Å². The highest BCUT2D eigenvalue weighted by atomic mass is 16.7. The number of carbonyl (C=O) groups excluding carboxylic acids is 2. The molecule has 0 radical (unpaired) electrons. The fourth-order valence-corrected chi connectivity index (χ4v) is 3.69. The van der Waals surface area contributed by atoms with Gasteiger partial charge in [0.2, 0.25) is 0 Å². The highest BCUT2D eigenvalue weighted by molar-refractivity contribution is 5.96. The lowest BCUT2D eigenvalue weighted by molar-refractivity contribution is -0.183. The Morgan fingerprint density at radius 3 is 1.79 bits per heavy atom. The van der Waals surface area contributed by atoms with Crippen molar-refractivity contribution in [3.05, 3.63) is 23.8 Å². The fourth-order valence-electron chi connectivity index (χ4n) is 3.69. The number of carbonyl (C=O) groups is 2. The fraction of sp³-hybridized carbons (Fsp3) is 0.692. The van der Waals surface area contributed by atoms with Crippen LogP contribution in [0.1, 0.15) is 65.9 Å². The van der Waals surface area contributed by atoms with E-state index in [0.717, 1.165) is 12.8 Å². The molecule has 1 aromatic rings. The number of hydrogen-bond acceptors (Lipinski definition) is 8. The van der Waals surface area contributed by atoms with Gasteiger partial charge in [-0.3, -0.25) is 9.59 Å². The molecule has 0 aromatic heterocycles. The minimum absolute atomic E-state index is 0.127. The van der Waals surface area contributed by atoms with Gasteiger partial charge in [0.05, 0.1) is 32.8 Å². The molecule has 8 nitrogen and oxygen atoms in total. The van der Waals surface area contributed by atoms with Gasteiger partial charge in [0.25, 0.3) is 0 Å². The van der Waals surface area contributed by atoms with E-state index >= 15 is 0 Å². The van der Waals surface area contributed by atoms with E-state index in [1.54, 1.807) is 39.2 Å². The summed E-state index contributed by atoms with van der Waals surface area (Å²) >= 11 is 0. The van der Waals surface area contributed by atoms with Crippen molar-refractivity contribution in [1.82, 2.24) is 0 Å². The van der Waals surface area contributed by atoms with Gasteiger partial charge in [-0.25, -0.2) is 0 Å². The van der Waals surface area contributed by atoms with E-state index in [9.17, 15) is 9.59 Å². The SMILES string of the molecule is CCOC(=O)C(C(=O)OCC)C(c1ccc(OC)c(OCC(CC)CC)c1)C(OCC)OCC. The summed E-state index contributed by atoms with van der Waals surface area (Å²) in [7, 11) is 1.57. The van der Waals surface area contributed by atoms with E-state index in [4.69, 9.17) is 28.4 Å². The van der Waals surface area contributed by atoms with E-state index < -0.39 is 30.1 Å². The van der Waals surface area contributed by atoms with Crippen LogP contribution in [0.3, 0.4) is 0 Å². The summed E-state index contributed by atoms with van der Waals surface area (Å²) in [6.45, 7) is 12.7. The second-order valence-corrected chi connectivity index (χ2v) is 7.69. The Bertz CT molecular complexity index is 708. The monoisotopic (exact) mass is 482 g/mol. The standard InChI is InChI=1S/C26H42O8/c1-8-18(9-2)17-34-21-16-19(14-15-20(21)29-7)22(26(32-12-5)33-13-6)23(24(27)30-10-3)25(28)31-11-4/h14-16,18,22-23,26H,8-13,17H2,1-7H3. The summed E-state index contributed by atoms with van der Waals surface area (Å²) in [6, 6.07) is 5.32. The molecule has 1 atom stereocenters. The predicted molar refractivity (Wildman–Crippen MR) is 129 cm³/mol. The molecule has 1 aromatic carbocycles. The van der Waals surface area contributed by atoms with Crippen LogP contribution in [0.4, 0.5) is 0 Å². The van der Waals surface area contributed by atoms with Crippen LogP contribution < -0.4 is 9.47 Å². The first-order valence-electron chi connectivity index (χ1n) is 12.3. The first-order chi connectivity index (χ1) is 16.4. The van der Waals surface area contributed by atoms with Gasteiger partial charge in [-0.05, 0) is 51.3 Å². The maximum atomic E-state index is 13.0. The number of rotatable bonds is 17. The van der Waals surface area contributed by atoms with Gasteiger partial charge in [-0.2, -0.15) is 0 Å². The average molecular weight is 483 g/mol. The number of ether oxygens (including phenoxy) is 6. The lowest BCUT2D eigenvalue weighted by Gasteiger charge is -2.31. The molecule has 0 aliphatic heterocycles. The minimum atomic E-state index is -1.27. The molecule has 0 heterocycles. The van der Waals surface area contributed by atoms with Crippen molar-refractivity contribution in [2.24, 2.45) is 11.8 Å². The summed E-state index contributed by atoms with van der Waals surface area (Å²) in [4.78, 5) is 26.0. The maximum Gasteiger partial charge on any atom is 0.321 e. The molecule has 1 rings (SSSR count). The van der Waals surface area contributed by atoms with E-state index in [2.05, 4.69) is 13.8 Å². The Kier molecular flexibility index (Phi) is 14.3. The molecule has 0 spiro atoms. The zero-order valence-electron chi connectivity index (χ0n) is 21.8. The van der Waals surface area contributed by atoms with Crippen LogP contribution in [0, 0.1) is 11.8 Å². The molecule has 0 saturated heterocycles. The van der Waals surface area contributed by atoms with Crippen LogP contribution >= 0.6 is 0 Å². The molecule has 8 heteroatoms. The molecular weight excluding hydrogens is 440 g/mol. The van der Waals surface area contributed by atoms with Crippen molar-refractivity contribution in [3.63, 3.8) is 0 Å². The van der Waals surface area contributed by atoms with Crippen molar-refractivity contribution in [2.45, 2.75) is 66.6 Å². The van der Waals surface area contributed by atoms with Gasteiger partial charge in [0, 0.05) is 13.2 Å². The lowest BCUT2D eigenvalue weighted by atomic mass is 9.84. The zero-order chi connectivity index (χ0) is 25.5. The molecular formula is C26H42O8. The van der Waals surface area contributed by atoms with Gasteiger partial charge in [-0.15, -0.1) is 0 Å². The molecule has 0 aliphatic carbocycles. The maximum absolute atomic E-state index is 13.0. The first kappa shape index (κ1) is 29.7. The number of esters is 2. The molecule has 0 fully saturated rings. The molecule has 1 unspecified atom stereocenters. The van der Waals surface area contributed by atoms with Crippen molar-refractivity contribution in [1.29, 1.82) is 0 Å². The zero-order valence-corrected chi connectivity index (χ0v) is 21.8. The molecule has 0 bridgehead atoms. The number of hydrogen-bond donors (Lipinski definition) is 0. The van der Waals surface area contributed by atoms with Crippen LogP contribution in [-0.4, -0.2) is 58.4 Å². The van der Waals surface area contributed by atoms with Crippen LogP contribution in [0.15, 0.2) is 18.2 Å². The van der Waals surface area contributed by atoms with Crippen molar-refractivity contribution in [2.75, 3.05) is 40.1 Å². The van der Waals surface area contributed by atoms with Crippen molar-refractivity contribution in [3.8, 4) is 11.5 Å². The van der Waals surface area contributed by atoms with Crippen LogP contribution in [0.5, 0.6) is 11.5 Å². The third-order valence-electron chi connectivity index (χ3n) is 5.60. The van der Waals surface area contributed by atoms with Gasteiger partial charge in [-0.1, -0.05) is 32.8 Å². The summed E-state index contributed by atoms with van der Waals surface area (Å²) < 4.78 is 33.8. The second-order valence-electron chi connectivity index (χ2n) is 7.69. The van der Waals surface area contributed by atoms with Crippen LogP contribution in [-0.2, 0) is 28.5 Å². The summed E-state index contributed by atoms with van der Waals surface area (Å²) in [6.07, 6.45) is 1.10. The summed E-state index contributed by atoms with van der Waals surface area (Å²) in [5.41, 5.74) is 0.623. The van der Waals surface area contributed by atoms with E-state index in [1.165, 1.54) is 0 Å². The number of methoxy groups -OCH3 is 1. The molecule has 194 valence electrons. The van der Waals surface area contributed by atoms with Gasteiger partial charge in [0.15, 0.2) is 23.7 Å². The largest absolute Gasteiger partial charge is 0.493 e. The third kappa shape index (κ3) is 8.47. The minimum Gasteiger partial charge on any atom is -0.493 e. The quantitative estimate of drug-likeness (QED) is 0.179. The highest BCUT2D eigenvalue weighted by Gasteiger charge is 2.44. The second kappa shape index (κ2) is 16.3. The first-order valence-corrected chi connectivity index (χ1v) is 12.3. The predicted octanol–water partition coefficient (Wildman–Crippen LogP) is 4.74. The molecule has 0 aliphatic rings. The Hall–Kier alpha value is -2.32. The number of benzene rings is 1. The van der Waals surface area contributed by atoms with E-state index in [0.29, 0.717) is 42.8 Å². The summed E-state index contributed by atoms with van der Waals surface area (Å²) in [5, 5.41) is 0. The summed E-state index contributed by atoms with van der Waals surface area (Å²) in [5.74, 6) is -1.99. The van der Waals surface area contributed by atoms with Gasteiger partial charge in [0.1, 0.15) is 0 Å². The van der Waals surface area contributed by atoms with Crippen LogP contribution in [0.2, 0.25) is 0 Å². The van der Waals surface area contributed by atoms with Crippen LogP contribution in [0.25, 0.3) is 0 Å². The van der Waals surface area contributed by atoms with Crippen molar-refractivity contribution >= 4 is 11.9 Å². The Labute approximate surface area is 204 Å².